The molecule has 1 aliphatic rings. The standard InChI is InChI=1S/C13H19FN2/c1-13(2)7-11(9-16-13)15-8-10-5-3-4-6-12(10)14/h3-6,11,15-16H,7-9H2,1-2H3. The lowest BCUT2D eigenvalue weighted by molar-refractivity contribution is 0.440. The molecule has 1 aromatic carbocycles. The van der Waals surface area contributed by atoms with Crippen LogP contribution in [0, 0.1) is 5.82 Å². The lowest BCUT2D eigenvalue weighted by Crippen LogP contribution is -2.31. The Balaban J connectivity index is 1.87. The van der Waals surface area contributed by atoms with E-state index in [1.165, 1.54) is 6.07 Å². The van der Waals surface area contributed by atoms with Gasteiger partial charge in [0.05, 0.1) is 0 Å². The lowest BCUT2D eigenvalue weighted by atomic mass is 10.0. The van der Waals surface area contributed by atoms with E-state index < -0.39 is 0 Å². The molecule has 0 aliphatic carbocycles. The Labute approximate surface area is 96.2 Å². The average Bonchev–Trinajstić information content (AvgIpc) is 2.57. The minimum Gasteiger partial charge on any atom is -0.310 e. The maximum atomic E-state index is 13.4. The Morgan fingerprint density at radius 2 is 2.19 bits per heavy atom. The molecule has 0 radical (unpaired) electrons. The summed E-state index contributed by atoms with van der Waals surface area (Å²) in [6.45, 7) is 5.95. The first kappa shape index (κ1) is 11.6. The third kappa shape index (κ3) is 2.80. The van der Waals surface area contributed by atoms with Gasteiger partial charge in [-0.2, -0.15) is 0 Å². The van der Waals surface area contributed by atoms with Gasteiger partial charge < -0.3 is 10.6 Å². The van der Waals surface area contributed by atoms with Crippen molar-refractivity contribution in [1.82, 2.24) is 10.6 Å². The van der Waals surface area contributed by atoms with E-state index in [0.29, 0.717) is 12.6 Å². The van der Waals surface area contributed by atoms with E-state index in [2.05, 4.69) is 24.5 Å². The van der Waals surface area contributed by atoms with Gasteiger partial charge in [0.15, 0.2) is 0 Å². The zero-order chi connectivity index (χ0) is 11.6. The lowest BCUT2D eigenvalue weighted by Gasteiger charge is -2.17. The second-order valence-electron chi connectivity index (χ2n) is 5.14. The van der Waals surface area contributed by atoms with Crippen LogP contribution in [0.5, 0.6) is 0 Å². The molecule has 88 valence electrons. The Hall–Kier alpha value is -0.930. The molecular formula is C13H19FN2. The molecule has 0 bridgehead atoms. The maximum Gasteiger partial charge on any atom is 0.127 e. The molecule has 1 aliphatic heterocycles. The van der Waals surface area contributed by atoms with Crippen molar-refractivity contribution in [2.24, 2.45) is 0 Å². The smallest absolute Gasteiger partial charge is 0.127 e. The van der Waals surface area contributed by atoms with Gasteiger partial charge in [0.25, 0.3) is 0 Å². The number of hydrogen-bond donors (Lipinski definition) is 2. The van der Waals surface area contributed by atoms with Crippen molar-refractivity contribution >= 4 is 0 Å². The van der Waals surface area contributed by atoms with E-state index in [1.807, 2.05) is 12.1 Å². The van der Waals surface area contributed by atoms with Crippen LogP contribution in [0.4, 0.5) is 4.39 Å². The van der Waals surface area contributed by atoms with Crippen molar-refractivity contribution in [1.29, 1.82) is 0 Å². The summed E-state index contributed by atoms with van der Waals surface area (Å²) in [5, 5.41) is 6.83. The molecule has 0 aromatic heterocycles. The van der Waals surface area contributed by atoms with Crippen LogP contribution in [-0.2, 0) is 6.54 Å². The van der Waals surface area contributed by atoms with Crippen molar-refractivity contribution in [3.63, 3.8) is 0 Å². The average molecular weight is 222 g/mol. The SMILES string of the molecule is CC1(C)CC(NCc2ccccc2F)CN1. The predicted octanol–water partition coefficient (Wildman–Crippen LogP) is 2.06. The van der Waals surface area contributed by atoms with E-state index in [0.717, 1.165) is 18.5 Å². The first-order valence-electron chi connectivity index (χ1n) is 5.79. The number of nitrogens with one attached hydrogen (secondary N) is 2. The van der Waals surface area contributed by atoms with Crippen molar-refractivity contribution in [2.45, 2.75) is 38.4 Å². The Morgan fingerprint density at radius 1 is 1.44 bits per heavy atom. The summed E-state index contributed by atoms with van der Waals surface area (Å²) in [5.74, 6) is -0.125. The van der Waals surface area contributed by atoms with Crippen molar-refractivity contribution in [3.05, 3.63) is 35.6 Å². The minimum absolute atomic E-state index is 0.125. The van der Waals surface area contributed by atoms with E-state index in [9.17, 15) is 4.39 Å². The van der Waals surface area contributed by atoms with Crippen LogP contribution >= 0.6 is 0 Å². The van der Waals surface area contributed by atoms with E-state index in [1.54, 1.807) is 6.07 Å². The van der Waals surface area contributed by atoms with Crippen LogP contribution in [0.3, 0.4) is 0 Å². The van der Waals surface area contributed by atoms with E-state index in [4.69, 9.17) is 0 Å². The first-order chi connectivity index (χ1) is 7.57. The monoisotopic (exact) mass is 222 g/mol. The number of halogens is 1. The molecule has 1 aromatic rings. The molecule has 1 heterocycles. The zero-order valence-corrected chi connectivity index (χ0v) is 9.89. The Morgan fingerprint density at radius 3 is 2.81 bits per heavy atom. The van der Waals surface area contributed by atoms with Crippen LogP contribution in [0.2, 0.25) is 0 Å². The highest BCUT2D eigenvalue weighted by Crippen LogP contribution is 2.18. The van der Waals surface area contributed by atoms with Crippen molar-refractivity contribution < 1.29 is 4.39 Å². The molecule has 2 rings (SSSR count). The summed E-state index contributed by atoms with van der Waals surface area (Å²) < 4.78 is 13.4. The number of hydrogen-bond acceptors (Lipinski definition) is 2. The topological polar surface area (TPSA) is 24.1 Å². The normalized spacial score (nSPS) is 23.6. The molecule has 1 unspecified atom stereocenters. The third-order valence-electron chi connectivity index (χ3n) is 3.12. The highest BCUT2D eigenvalue weighted by molar-refractivity contribution is 5.17. The second-order valence-corrected chi connectivity index (χ2v) is 5.14. The van der Waals surface area contributed by atoms with Crippen LogP contribution < -0.4 is 10.6 Å². The largest absolute Gasteiger partial charge is 0.310 e. The summed E-state index contributed by atoms with van der Waals surface area (Å²) >= 11 is 0. The summed E-state index contributed by atoms with van der Waals surface area (Å²) in [6.07, 6.45) is 1.08. The second kappa shape index (κ2) is 4.52. The highest BCUT2D eigenvalue weighted by Gasteiger charge is 2.29. The molecule has 1 atom stereocenters. The molecule has 3 heteroatoms. The fourth-order valence-electron chi connectivity index (χ4n) is 2.20. The maximum absolute atomic E-state index is 13.4. The number of rotatable bonds is 3. The molecule has 16 heavy (non-hydrogen) atoms. The molecule has 0 amide bonds. The van der Waals surface area contributed by atoms with E-state index in [-0.39, 0.29) is 11.4 Å². The number of benzene rings is 1. The fraction of sp³-hybridized carbons (Fsp3) is 0.538. The molecule has 1 saturated heterocycles. The van der Waals surface area contributed by atoms with Gasteiger partial charge in [-0.05, 0) is 26.3 Å². The molecule has 0 spiro atoms. The Bertz CT molecular complexity index is 363. The predicted molar refractivity (Wildman–Crippen MR) is 63.7 cm³/mol. The fourth-order valence-corrected chi connectivity index (χ4v) is 2.20. The first-order valence-corrected chi connectivity index (χ1v) is 5.79. The van der Waals surface area contributed by atoms with Crippen molar-refractivity contribution in [3.8, 4) is 0 Å². The third-order valence-corrected chi connectivity index (χ3v) is 3.12. The minimum atomic E-state index is -0.125. The molecule has 0 saturated carbocycles. The molecule has 2 N–H and O–H groups in total. The summed E-state index contributed by atoms with van der Waals surface area (Å²) in [4.78, 5) is 0. The van der Waals surface area contributed by atoms with E-state index >= 15 is 0 Å². The summed E-state index contributed by atoms with van der Waals surface area (Å²) in [7, 11) is 0. The van der Waals surface area contributed by atoms with Gasteiger partial charge in [-0.1, -0.05) is 18.2 Å². The van der Waals surface area contributed by atoms with Gasteiger partial charge in [-0.25, -0.2) is 4.39 Å². The van der Waals surface area contributed by atoms with Gasteiger partial charge in [0, 0.05) is 30.2 Å². The van der Waals surface area contributed by atoms with Gasteiger partial charge in [-0.3, -0.25) is 0 Å². The van der Waals surface area contributed by atoms with Gasteiger partial charge in [0.2, 0.25) is 0 Å². The molecule has 2 nitrogen and oxygen atoms in total. The van der Waals surface area contributed by atoms with Gasteiger partial charge in [-0.15, -0.1) is 0 Å². The van der Waals surface area contributed by atoms with Gasteiger partial charge in [0.1, 0.15) is 5.82 Å². The quantitative estimate of drug-likeness (QED) is 0.818. The Kier molecular flexibility index (Phi) is 3.26. The zero-order valence-electron chi connectivity index (χ0n) is 9.89. The van der Waals surface area contributed by atoms with Crippen LogP contribution in [-0.4, -0.2) is 18.1 Å². The summed E-state index contributed by atoms with van der Waals surface area (Å²) in [5.41, 5.74) is 0.944. The highest BCUT2D eigenvalue weighted by atomic mass is 19.1. The van der Waals surface area contributed by atoms with Crippen LogP contribution in [0.25, 0.3) is 0 Å². The summed E-state index contributed by atoms with van der Waals surface area (Å²) in [6, 6.07) is 7.37. The molecular weight excluding hydrogens is 203 g/mol. The molecule has 1 fully saturated rings. The van der Waals surface area contributed by atoms with Crippen molar-refractivity contribution in [2.75, 3.05) is 6.54 Å². The van der Waals surface area contributed by atoms with Gasteiger partial charge >= 0.3 is 0 Å². The van der Waals surface area contributed by atoms with Crippen LogP contribution in [0.15, 0.2) is 24.3 Å². The van der Waals surface area contributed by atoms with Crippen LogP contribution in [0.1, 0.15) is 25.8 Å².